The Morgan fingerprint density at radius 2 is 1.77 bits per heavy atom. The molecule has 0 saturated carbocycles. The van der Waals surface area contributed by atoms with Gasteiger partial charge >= 0.3 is 5.97 Å². The molecule has 8 nitrogen and oxygen atoms in total. The van der Waals surface area contributed by atoms with Gasteiger partial charge in [0.25, 0.3) is 11.8 Å². The first-order valence-corrected chi connectivity index (χ1v) is 8.82. The lowest BCUT2D eigenvalue weighted by Crippen LogP contribution is -2.30. The lowest BCUT2D eigenvalue weighted by molar-refractivity contribution is -0.113. The van der Waals surface area contributed by atoms with Crippen LogP contribution in [0.5, 0.6) is 5.75 Å². The van der Waals surface area contributed by atoms with Crippen molar-refractivity contribution in [3.05, 3.63) is 89.5 Å². The first kappa shape index (κ1) is 20.4. The molecule has 2 amide bonds. The quantitative estimate of drug-likeness (QED) is 0.518. The first-order valence-electron chi connectivity index (χ1n) is 8.82. The number of amides is 2. The van der Waals surface area contributed by atoms with Gasteiger partial charge in [-0.05, 0) is 42.5 Å². The van der Waals surface area contributed by atoms with Crippen molar-refractivity contribution < 1.29 is 28.6 Å². The van der Waals surface area contributed by atoms with Crippen molar-refractivity contribution in [2.45, 2.75) is 0 Å². The largest absolute Gasteiger partial charge is 0.495 e. The van der Waals surface area contributed by atoms with Crippen LogP contribution in [0, 0.1) is 0 Å². The Hall–Kier alpha value is -4.33. The Labute approximate surface area is 171 Å². The minimum atomic E-state index is -1.16. The van der Waals surface area contributed by atoms with Gasteiger partial charge in [0.2, 0.25) is 0 Å². The van der Waals surface area contributed by atoms with E-state index in [1.165, 1.54) is 37.6 Å². The molecule has 3 aromatic rings. The minimum Gasteiger partial charge on any atom is -0.495 e. The highest BCUT2D eigenvalue weighted by atomic mass is 16.5. The van der Waals surface area contributed by atoms with Gasteiger partial charge in [0.1, 0.15) is 17.2 Å². The third-order valence-corrected chi connectivity index (χ3v) is 4.05. The molecule has 152 valence electrons. The number of aromatic carboxylic acids is 1. The Kier molecular flexibility index (Phi) is 6.29. The maximum Gasteiger partial charge on any atom is 0.335 e. The molecular formula is C22H18N2O6. The molecule has 3 N–H and O–H groups in total. The monoisotopic (exact) mass is 406 g/mol. The van der Waals surface area contributed by atoms with Crippen molar-refractivity contribution >= 4 is 29.5 Å². The molecule has 3 rings (SSSR count). The zero-order valence-electron chi connectivity index (χ0n) is 15.9. The number of anilines is 1. The summed E-state index contributed by atoms with van der Waals surface area (Å²) in [4.78, 5) is 36.7. The average molecular weight is 406 g/mol. The third kappa shape index (κ3) is 4.93. The highest BCUT2D eigenvalue weighted by molar-refractivity contribution is 6.11. The summed E-state index contributed by atoms with van der Waals surface area (Å²) in [6, 6.07) is 15.7. The van der Waals surface area contributed by atoms with Crippen molar-refractivity contribution in [2.75, 3.05) is 12.4 Å². The van der Waals surface area contributed by atoms with Gasteiger partial charge in [0.15, 0.2) is 0 Å². The van der Waals surface area contributed by atoms with Crippen LogP contribution in [0.1, 0.15) is 26.5 Å². The average Bonchev–Trinajstić information content (AvgIpc) is 3.27. The lowest BCUT2D eigenvalue weighted by atomic mass is 10.1. The molecule has 1 aromatic heterocycles. The molecule has 2 aromatic carbocycles. The van der Waals surface area contributed by atoms with Gasteiger partial charge in [-0.15, -0.1) is 0 Å². The molecule has 0 fully saturated rings. The second-order valence-corrected chi connectivity index (χ2v) is 6.07. The van der Waals surface area contributed by atoms with Crippen LogP contribution in [0.15, 0.2) is 77.0 Å². The van der Waals surface area contributed by atoms with Crippen LogP contribution in [0.2, 0.25) is 0 Å². The van der Waals surface area contributed by atoms with Crippen molar-refractivity contribution in [2.24, 2.45) is 0 Å². The van der Waals surface area contributed by atoms with Crippen molar-refractivity contribution in [1.82, 2.24) is 5.32 Å². The summed E-state index contributed by atoms with van der Waals surface area (Å²) in [5, 5.41) is 14.3. The number of methoxy groups -OCH3 is 1. The van der Waals surface area contributed by atoms with E-state index in [0.717, 1.165) is 0 Å². The van der Waals surface area contributed by atoms with E-state index in [2.05, 4.69) is 10.6 Å². The molecule has 1 heterocycles. The number of carboxylic acid groups (broad SMARTS) is 1. The van der Waals surface area contributed by atoms with Gasteiger partial charge in [-0.3, -0.25) is 9.59 Å². The van der Waals surface area contributed by atoms with Gasteiger partial charge < -0.3 is 24.9 Å². The maximum atomic E-state index is 12.9. The zero-order valence-corrected chi connectivity index (χ0v) is 15.9. The number of carbonyl (C=O) groups is 3. The molecule has 0 aliphatic rings. The molecule has 0 aliphatic heterocycles. The van der Waals surface area contributed by atoms with Crippen LogP contribution in [-0.4, -0.2) is 30.0 Å². The second kappa shape index (κ2) is 9.24. The van der Waals surface area contributed by atoms with E-state index in [-0.39, 0.29) is 22.7 Å². The smallest absolute Gasteiger partial charge is 0.335 e. The molecule has 30 heavy (non-hydrogen) atoms. The number of nitrogens with one attached hydrogen (secondary N) is 2. The zero-order chi connectivity index (χ0) is 21.5. The predicted molar refractivity (Wildman–Crippen MR) is 109 cm³/mol. The number of ether oxygens (including phenoxy) is 1. The number of carbonyl (C=O) groups excluding carboxylic acids is 2. The Bertz CT molecular complexity index is 1090. The van der Waals surface area contributed by atoms with Crippen LogP contribution in [0.4, 0.5) is 5.69 Å². The predicted octanol–water partition coefficient (Wildman–Crippen LogP) is 3.40. The fourth-order valence-corrected chi connectivity index (χ4v) is 2.59. The SMILES string of the molecule is COc1ccc(C(=O)O)cc1NC(=O)C(=Cc1ccco1)NC(=O)c1ccccc1. The van der Waals surface area contributed by atoms with Crippen LogP contribution in [0.25, 0.3) is 6.08 Å². The normalized spacial score (nSPS) is 10.9. The van der Waals surface area contributed by atoms with E-state index in [1.807, 2.05) is 0 Å². The summed E-state index contributed by atoms with van der Waals surface area (Å²) in [5.74, 6) is -1.72. The summed E-state index contributed by atoms with van der Waals surface area (Å²) in [6.07, 6.45) is 2.80. The van der Waals surface area contributed by atoms with Crippen LogP contribution in [0.3, 0.4) is 0 Å². The minimum absolute atomic E-state index is 0.0315. The third-order valence-electron chi connectivity index (χ3n) is 4.05. The molecule has 0 bridgehead atoms. The number of furan rings is 1. The van der Waals surface area contributed by atoms with E-state index in [9.17, 15) is 19.5 Å². The molecule has 0 saturated heterocycles. The topological polar surface area (TPSA) is 118 Å². The molecule has 0 aliphatic carbocycles. The van der Waals surface area contributed by atoms with Crippen molar-refractivity contribution in [3.8, 4) is 5.75 Å². The van der Waals surface area contributed by atoms with E-state index < -0.39 is 17.8 Å². The number of carboxylic acids is 1. The van der Waals surface area contributed by atoms with Crippen LogP contribution < -0.4 is 15.4 Å². The van der Waals surface area contributed by atoms with Gasteiger partial charge in [0, 0.05) is 11.6 Å². The molecule has 0 atom stereocenters. The van der Waals surface area contributed by atoms with Gasteiger partial charge in [-0.25, -0.2) is 4.79 Å². The number of rotatable bonds is 7. The van der Waals surface area contributed by atoms with E-state index in [1.54, 1.807) is 42.5 Å². The number of hydrogen-bond donors (Lipinski definition) is 3. The fraction of sp³-hybridized carbons (Fsp3) is 0.0455. The molecule has 0 spiro atoms. The van der Waals surface area contributed by atoms with Gasteiger partial charge in [-0.1, -0.05) is 18.2 Å². The van der Waals surface area contributed by atoms with E-state index in [4.69, 9.17) is 9.15 Å². The highest BCUT2D eigenvalue weighted by Gasteiger charge is 2.18. The summed E-state index contributed by atoms with van der Waals surface area (Å²) < 4.78 is 10.4. The van der Waals surface area contributed by atoms with Gasteiger partial charge in [-0.2, -0.15) is 0 Å². The van der Waals surface area contributed by atoms with E-state index >= 15 is 0 Å². The van der Waals surface area contributed by atoms with Crippen molar-refractivity contribution in [1.29, 1.82) is 0 Å². The molecule has 0 radical (unpaired) electrons. The standard InChI is InChI=1S/C22H18N2O6/c1-29-19-10-9-15(22(27)28)12-17(19)23-21(26)18(13-16-8-5-11-30-16)24-20(25)14-6-3-2-4-7-14/h2-13H,1H3,(H,23,26)(H,24,25)(H,27,28). The Balaban J connectivity index is 1.90. The molecule has 8 heteroatoms. The van der Waals surface area contributed by atoms with Crippen molar-refractivity contribution in [3.63, 3.8) is 0 Å². The lowest BCUT2D eigenvalue weighted by Gasteiger charge is -2.13. The van der Waals surface area contributed by atoms with Gasteiger partial charge in [0.05, 0.1) is 24.6 Å². The summed E-state index contributed by atoms with van der Waals surface area (Å²) in [7, 11) is 1.39. The number of benzene rings is 2. The number of hydrogen-bond acceptors (Lipinski definition) is 5. The Morgan fingerprint density at radius 3 is 2.40 bits per heavy atom. The van der Waals surface area contributed by atoms with Crippen LogP contribution in [-0.2, 0) is 4.79 Å². The highest BCUT2D eigenvalue weighted by Crippen LogP contribution is 2.26. The fourth-order valence-electron chi connectivity index (χ4n) is 2.59. The van der Waals surface area contributed by atoms with E-state index in [0.29, 0.717) is 11.3 Å². The summed E-state index contributed by atoms with van der Waals surface area (Å²) >= 11 is 0. The summed E-state index contributed by atoms with van der Waals surface area (Å²) in [6.45, 7) is 0. The molecule has 0 unspecified atom stereocenters. The Morgan fingerprint density at radius 1 is 1.00 bits per heavy atom. The summed E-state index contributed by atoms with van der Waals surface area (Å²) in [5.41, 5.74) is 0.375. The molecular weight excluding hydrogens is 388 g/mol. The second-order valence-electron chi connectivity index (χ2n) is 6.07. The first-order chi connectivity index (χ1) is 14.5. The van der Waals surface area contributed by atoms with Crippen LogP contribution >= 0.6 is 0 Å². The maximum absolute atomic E-state index is 12.9.